The van der Waals surface area contributed by atoms with Gasteiger partial charge in [0.25, 0.3) is 0 Å². The van der Waals surface area contributed by atoms with Crippen LogP contribution in [0.3, 0.4) is 0 Å². The fourth-order valence-corrected chi connectivity index (χ4v) is 2.67. The second kappa shape index (κ2) is 6.98. The number of aliphatic imine (C=N–C) groups is 1. The summed E-state index contributed by atoms with van der Waals surface area (Å²) >= 11 is 0. The van der Waals surface area contributed by atoms with Crippen LogP contribution in [0.15, 0.2) is 4.99 Å². The Kier molecular flexibility index (Phi) is 5.29. The molecule has 0 heterocycles. The molecule has 2 N–H and O–H groups in total. The lowest BCUT2D eigenvalue weighted by molar-refractivity contribution is 0.194. The van der Waals surface area contributed by atoms with Crippen molar-refractivity contribution in [1.29, 1.82) is 0 Å². The van der Waals surface area contributed by atoms with Crippen molar-refractivity contribution in [1.82, 2.24) is 15.5 Å². The summed E-state index contributed by atoms with van der Waals surface area (Å²) < 4.78 is 0. The molecule has 2 saturated carbocycles. The molecule has 0 spiro atoms. The third-order valence-electron chi connectivity index (χ3n) is 4.10. The summed E-state index contributed by atoms with van der Waals surface area (Å²) in [5, 5.41) is 6.82. The van der Waals surface area contributed by atoms with Gasteiger partial charge in [-0.25, -0.2) is 0 Å². The first-order valence-electron chi connectivity index (χ1n) is 7.47. The van der Waals surface area contributed by atoms with Gasteiger partial charge in [0.2, 0.25) is 0 Å². The Balaban J connectivity index is 1.60. The Morgan fingerprint density at radius 3 is 2.50 bits per heavy atom. The summed E-state index contributed by atoms with van der Waals surface area (Å²) in [5.41, 5.74) is 0. The number of nitrogens with zero attached hydrogens (tertiary/aromatic N) is 2. The molecule has 0 aromatic heterocycles. The molecular weight excluding hydrogens is 224 g/mol. The maximum atomic E-state index is 4.25. The van der Waals surface area contributed by atoms with E-state index in [1.54, 1.807) is 0 Å². The molecular formula is C14H28N4. The van der Waals surface area contributed by atoms with Gasteiger partial charge in [-0.3, -0.25) is 4.99 Å². The van der Waals surface area contributed by atoms with Crippen LogP contribution < -0.4 is 10.6 Å². The molecule has 0 atom stereocenters. The van der Waals surface area contributed by atoms with Crippen LogP contribution in [0.4, 0.5) is 0 Å². The molecule has 0 saturated heterocycles. The zero-order valence-electron chi connectivity index (χ0n) is 11.9. The van der Waals surface area contributed by atoms with Crippen molar-refractivity contribution in [2.75, 3.05) is 27.2 Å². The standard InChI is InChI=1S/C14H28N4/c1-15-14(17-12-8-9-12)16-10-11-18(2)13-6-4-3-5-7-13/h12-13H,3-11H2,1-2H3,(H2,15,16,17). The molecule has 4 nitrogen and oxygen atoms in total. The first kappa shape index (κ1) is 13.7. The van der Waals surface area contributed by atoms with Crippen LogP contribution in [0.25, 0.3) is 0 Å². The number of hydrogen-bond acceptors (Lipinski definition) is 2. The minimum absolute atomic E-state index is 0.673. The molecule has 0 unspecified atom stereocenters. The van der Waals surface area contributed by atoms with Crippen molar-refractivity contribution in [2.24, 2.45) is 4.99 Å². The average molecular weight is 252 g/mol. The van der Waals surface area contributed by atoms with Crippen LogP contribution in [-0.2, 0) is 0 Å². The number of hydrogen-bond donors (Lipinski definition) is 2. The molecule has 2 fully saturated rings. The topological polar surface area (TPSA) is 39.7 Å². The van der Waals surface area contributed by atoms with E-state index in [4.69, 9.17) is 0 Å². The first-order chi connectivity index (χ1) is 8.79. The third-order valence-corrected chi connectivity index (χ3v) is 4.10. The molecule has 2 aliphatic carbocycles. The molecule has 2 aliphatic rings. The van der Waals surface area contributed by atoms with E-state index in [0.29, 0.717) is 6.04 Å². The summed E-state index contributed by atoms with van der Waals surface area (Å²) in [6, 6.07) is 1.48. The van der Waals surface area contributed by atoms with Crippen LogP contribution in [0.2, 0.25) is 0 Å². The first-order valence-corrected chi connectivity index (χ1v) is 7.47. The van der Waals surface area contributed by atoms with Crippen LogP contribution in [0.5, 0.6) is 0 Å². The highest BCUT2D eigenvalue weighted by atomic mass is 15.2. The largest absolute Gasteiger partial charge is 0.355 e. The van der Waals surface area contributed by atoms with Gasteiger partial charge in [0.15, 0.2) is 5.96 Å². The zero-order valence-corrected chi connectivity index (χ0v) is 11.9. The van der Waals surface area contributed by atoms with E-state index in [0.717, 1.165) is 25.1 Å². The van der Waals surface area contributed by atoms with E-state index in [1.807, 2.05) is 7.05 Å². The Hall–Kier alpha value is -0.770. The Morgan fingerprint density at radius 2 is 1.89 bits per heavy atom. The van der Waals surface area contributed by atoms with Gasteiger partial charge in [-0.15, -0.1) is 0 Å². The third kappa shape index (κ3) is 4.48. The van der Waals surface area contributed by atoms with E-state index in [9.17, 15) is 0 Å². The minimum atomic E-state index is 0.673. The van der Waals surface area contributed by atoms with E-state index < -0.39 is 0 Å². The molecule has 104 valence electrons. The molecule has 0 bridgehead atoms. The lowest BCUT2D eigenvalue weighted by Gasteiger charge is -2.31. The van der Waals surface area contributed by atoms with Gasteiger partial charge in [-0.2, -0.15) is 0 Å². The molecule has 0 aromatic rings. The maximum absolute atomic E-state index is 4.25. The Morgan fingerprint density at radius 1 is 1.17 bits per heavy atom. The van der Waals surface area contributed by atoms with E-state index in [1.165, 1.54) is 44.9 Å². The van der Waals surface area contributed by atoms with Crippen molar-refractivity contribution in [3.63, 3.8) is 0 Å². The fraction of sp³-hybridized carbons (Fsp3) is 0.929. The summed E-state index contributed by atoms with van der Waals surface area (Å²) in [5.74, 6) is 0.967. The Labute approximate surface area is 111 Å². The van der Waals surface area contributed by atoms with Crippen molar-refractivity contribution >= 4 is 5.96 Å². The molecule has 4 heteroatoms. The Bertz CT molecular complexity index is 267. The van der Waals surface area contributed by atoms with Crippen molar-refractivity contribution < 1.29 is 0 Å². The van der Waals surface area contributed by atoms with Gasteiger partial charge in [0.1, 0.15) is 0 Å². The predicted octanol–water partition coefficient (Wildman–Crippen LogP) is 1.58. The molecule has 0 aromatic carbocycles. The zero-order chi connectivity index (χ0) is 12.8. The second-order valence-corrected chi connectivity index (χ2v) is 5.69. The quantitative estimate of drug-likeness (QED) is 0.576. The highest BCUT2D eigenvalue weighted by Crippen LogP contribution is 2.21. The van der Waals surface area contributed by atoms with Crippen molar-refractivity contribution in [3.05, 3.63) is 0 Å². The highest BCUT2D eigenvalue weighted by molar-refractivity contribution is 5.80. The fourth-order valence-electron chi connectivity index (χ4n) is 2.67. The van der Waals surface area contributed by atoms with E-state index in [-0.39, 0.29) is 0 Å². The number of rotatable bonds is 5. The van der Waals surface area contributed by atoms with Gasteiger partial charge >= 0.3 is 0 Å². The summed E-state index contributed by atoms with van der Waals surface area (Å²) in [6.45, 7) is 2.09. The number of nitrogens with one attached hydrogen (secondary N) is 2. The SMILES string of the molecule is CN=C(NCCN(C)C1CCCCC1)NC1CC1. The van der Waals surface area contributed by atoms with E-state index in [2.05, 4.69) is 27.6 Å². The lowest BCUT2D eigenvalue weighted by atomic mass is 9.94. The van der Waals surface area contributed by atoms with E-state index >= 15 is 0 Å². The summed E-state index contributed by atoms with van der Waals surface area (Å²) in [6.07, 6.45) is 9.60. The van der Waals surface area contributed by atoms with Crippen LogP contribution in [0.1, 0.15) is 44.9 Å². The maximum Gasteiger partial charge on any atom is 0.191 e. The predicted molar refractivity (Wildman–Crippen MR) is 77.0 cm³/mol. The summed E-state index contributed by atoms with van der Waals surface area (Å²) in [4.78, 5) is 6.76. The van der Waals surface area contributed by atoms with Crippen LogP contribution in [-0.4, -0.2) is 50.1 Å². The van der Waals surface area contributed by atoms with Crippen molar-refractivity contribution in [2.45, 2.75) is 57.0 Å². The molecule has 0 radical (unpaired) electrons. The number of likely N-dealkylation sites (N-methyl/N-ethyl adjacent to an activating group) is 1. The van der Waals surface area contributed by atoms with Gasteiger partial charge in [-0.05, 0) is 32.7 Å². The molecule has 18 heavy (non-hydrogen) atoms. The highest BCUT2D eigenvalue weighted by Gasteiger charge is 2.22. The van der Waals surface area contributed by atoms with Crippen LogP contribution >= 0.6 is 0 Å². The molecule has 0 aliphatic heterocycles. The van der Waals surface area contributed by atoms with Gasteiger partial charge in [0.05, 0.1) is 0 Å². The average Bonchev–Trinajstić information content (AvgIpc) is 3.22. The smallest absolute Gasteiger partial charge is 0.191 e. The molecule has 0 amide bonds. The van der Waals surface area contributed by atoms with Gasteiger partial charge in [0, 0.05) is 32.2 Å². The van der Waals surface area contributed by atoms with Crippen LogP contribution in [0, 0.1) is 0 Å². The van der Waals surface area contributed by atoms with Crippen molar-refractivity contribution in [3.8, 4) is 0 Å². The number of guanidine groups is 1. The lowest BCUT2D eigenvalue weighted by Crippen LogP contribution is -2.43. The normalized spacial score (nSPS) is 22.3. The minimum Gasteiger partial charge on any atom is -0.355 e. The summed E-state index contributed by atoms with van der Waals surface area (Å²) in [7, 11) is 4.11. The molecule has 2 rings (SSSR count). The van der Waals surface area contributed by atoms with Gasteiger partial charge in [-0.1, -0.05) is 19.3 Å². The monoisotopic (exact) mass is 252 g/mol. The second-order valence-electron chi connectivity index (χ2n) is 5.69. The van der Waals surface area contributed by atoms with Gasteiger partial charge < -0.3 is 15.5 Å².